The maximum Gasteiger partial charge on any atom is 0.121 e. The largest absolute Gasteiger partial charge is 0.507 e. The number of benzene rings is 1. The molecule has 2 nitrogen and oxygen atoms in total. The van der Waals surface area contributed by atoms with Crippen molar-refractivity contribution >= 4 is 0 Å². The Morgan fingerprint density at radius 1 is 1.27 bits per heavy atom. The molecule has 0 aromatic heterocycles. The first-order valence-corrected chi connectivity index (χ1v) is 5.72. The van der Waals surface area contributed by atoms with Crippen LogP contribution >= 0.6 is 0 Å². The molecule has 0 aliphatic carbocycles. The number of phenolic OH excluding ortho intramolecular Hbond substituents is 1. The van der Waals surface area contributed by atoms with Crippen molar-refractivity contribution in [1.82, 2.24) is 5.32 Å². The first-order valence-electron chi connectivity index (χ1n) is 5.72. The molecule has 15 heavy (non-hydrogen) atoms. The van der Waals surface area contributed by atoms with E-state index in [0.29, 0.717) is 11.8 Å². The normalized spacial score (nSPS) is 21.6. The molecule has 1 aliphatic heterocycles. The fourth-order valence-electron chi connectivity index (χ4n) is 2.35. The Morgan fingerprint density at radius 3 is 2.73 bits per heavy atom. The van der Waals surface area contributed by atoms with Crippen LogP contribution in [0.15, 0.2) is 12.1 Å². The number of phenols is 1. The molecule has 0 bridgehead atoms. The Hall–Kier alpha value is -1.02. The molecule has 1 aliphatic rings. The summed E-state index contributed by atoms with van der Waals surface area (Å²) < 4.78 is 0. The zero-order chi connectivity index (χ0) is 10.8. The second-order valence-electron chi connectivity index (χ2n) is 4.45. The van der Waals surface area contributed by atoms with E-state index in [-0.39, 0.29) is 0 Å². The van der Waals surface area contributed by atoms with Gasteiger partial charge in [0.05, 0.1) is 0 Å². The van der Waals surface area contributed by atoms with Crippen molar-refractivity contribution in [1.29, 1.82) is 0 Å². The number of hydrogen-bond acceptors (Lipinski definition) is 2. The Labute approximate surface area is 91.3 Å². The first-order chi connectivity index (χ1) is 7.20. The minimum Gasteiger partial charge on any atom is -0.507 e. The van der Waals surface area contributed by atoms with E-state index in [1.807, 2.05) is 19.9 Å². The molecule has 0 saturated carbocycles. The smallest absolute Gasteiger partial charge is 0.121 e. The topological polar surface area (TPSA) is 32.3 Å². The van der Waals surface area contributed by atoms with Crippen LogP contribution < -0.4 is 5.32 Å². The number of piperidine rings is 1. The van der Waals surface area contributed by atoms with Crippen molar-refractivity contribution in [2.75, 3.05) is 6.54 Å². The Balaban J connectivity index is 2.31. The Kier molecular flexibility index (Phi) is 2.96. The molecule has 2 heteroatoms. The molecule has 1 unspecified atom stereocenters. The lowest BCUT2D eigenvalue weighted by molar-refractivity contribution is 0.406. The van der Waals surface area contributed by atoms with Gasteiger partial charge in [-0.2, -0.15) is 0 Å². The van der Waals surface area contributed by atoms with E-state index in [2.05, 4.69) is 11.4 Å². The average molecular weight is 205 g/mol. The Bertz CT molecular complexity index is 354. The van der Waals surface area contributed by atoms with Gasteiger partial charge in [0.25, 0.3) is 0 Å². The van der Waals surface area contributed by atoms with E-state index in [1.165, 1.54) is 24.8 Å². The second-order valence-corrected chi connectivity index (χ2v) is 4.45. The molecule has 0 amide bonds. The van der Waals surface area contributed by atoms with Gasteiger partial charge in [-0.05, 0) is 49.9 Å². The van der Waals surface area contributed by atoms with Gasteiger partial charge >= 0.3 is 0 Å². The molecule has 1 aromatic carbocycles. The highest BCUT2D eigenvalue weighted by Crippen LogP contribution is 2.31. The lowest BCUT2D eigenvalue weighted by atomic mass is 9.92. The number of hydrogen-bond donors (Lipinski definition) is 2. The minimum absolute atomic E-state index is 0.435. The monoisotopic (exact) mass is 205 g/mol. The van der Waals surface area contributed by atoms with Crippen molar-refractivity contribution in [2.24, 2.45) is 0 Å². The fraction of sp³-hybridized carbons (Fsp3) is 0.538. The molecule has 1 heterocycles. The number of aromatic hydroxyl groups is 1. The standard InChI is InChI=1S/C13H19NO/c1-9-6-7-11(10(2)13(9)15)12-5-3-4-8-14-12/h6-7,12,14-15H,3-5,8H2,1-2H3. The van der Waals surface area contributed by atoms with E-state index >= 15 is 0 Å². The summed E-state index contributed by atoms with van der Waals surface area (Å²) in [4.78, 5) is 0. The molecule has 1 atom stereocenters. The second kappa shape index (κ2) is 4.23. The molecule has 2 rings (SSSR count). The van der Waals surface area contributed by atoms with Crippen LogP contribution in [0, 0.1) is 13.8 Å². The van der Waals surface area contributed by atoms with Crippen LogP contribution in [0.3, 0.4) is 0 Å². The van der Waals surface area contributed by atoms with E-state index in [1.54, 1.807) is 0 Å². The highest BCUT2D eigenvalue weighted by atomic mass is 16.3. The molecule has 1 aromatic rings. The molecule has 2 N–H and O–H groups in total. The summed E-state index contributed by atoms with van der Waals surface area (Å²) in [5.74, 6) is 0.458. The summed E-state index contributed by atoms with van der Waals surface area (Å²) in [6.45, 7) is 5.05. The molecule has 0 radical (unpaired) electrons. The molecule has 82 valence electrons. The summed E-state index contributed by atoms with van der Waals surface area (Å²) in [7, 11) is 0. The van der Waals surface area contributed by atoms with Gasteiger partial charge in [0.1, 0.15) is 5.75 Å². The summed E-state index contributed by atoms with van der Waals surface area (Å²) in [6, 6.07) is 4.59. The number of aryl methyl sites for hydroxylation is 1. The van der Waals surface area contributed by atoms with Gasteiger partial charge < -0.3 is 10.4 Å². The number of nitrogens with one attached hydrogen (secondary N) is 1. The summed E-state index contributed by atoms with van der Waals surface area (Å²) in [5.41, 5.74) is 3.26. The van der Waals surface area contributed by atoms with Gasteiger partial charge in [-0.1, -0.05) is 18.6 Å². The third-order valence-corrected chi connectivity index (χ3v) is 3.36. The van der Waals surface area contributed by atoms with Crippen LogP contribution in [0.2, 0.25) is 0 Å². The molecular weight excluding hydrogens is 186 g/mol. The van der Waals surface area contributed by atoms with Gasteiger partial charge in [-0.25, -0.2) is 0 Å². The molecule has 0 spiro atoms. The average Bonchev–Trinajstić information content (AvgIpc) is 2.27. The highest BCUT2D eigenvalue weighted by Gasteiger charge is 2.18. The third kappa shape index (κ3) is 2.00. The summed E-state index contributed by atoms with van der Waals surface area (Å²) >= 11 is 0. The van der Waals surface area contributed by atoms with Crippen LogP contribution in [0.25, 0.3) is 0 Å². The molecule has 1 fully saturated rings. The Morgan fingerprint density at radius 2 is 2.07 bits per heavy atom. The third-order valence-electron chi connectivity index (χ3n) is 3.36. The van der Waals surface area contributed by atoms with Gasteiger partial charge in [-0.3, -0.25) is 0 Å². The predicted molar refractivity (Wildman–Crippen MR) is 62.2 cm³/mol. The van der Waals surface area contributed by atoms with Crippen LogP contribution in [-0.4, -0.2) is 11.7 Å². The van der Waals surface area contributed by atoms with Gasteiger partial charge in [0.2, 0.25) is 0 Å². The highest BCUT2D eigenvalue weighted by molar-refractivity contribution is 5.45. The van der Waals surface area contributed by atoms with Crippen LogP contribution in [0.4, 0.5) is 0 Å². The van der Waals surface area contributed by atoms with Gasteiger partial charge in [-0.15, -0.1) is 0 Å². The van der Waals surface area contributed by atoms with E-state index < -0.39 is 0 Å². The quantitative estimate of drug-likeness (QED) is 0.739. The van der Waals surface area contributed by atoms with E-state index in [9.17, 15) is 5.11 Å². The zero-order valence-corrected chi connectivity index (χ0v) is 9.51. The van der Waals surface area contributed by atoms with Crippen LogP contribution in [0.5, 0.6) is 5.75 Å². The lowest BCUT2D eigenvalue weighted by Crippen LogP contribution is -2.27. The van der Waals surface area contributed by atoms with Crippen molar-refractivity contribution in [3.63, 3.8) is 0 Å². The summed E-state index contributed by atoms with van der Waals surface area (Å²) in [6.07, 6.45) is 3.74. The first kappa shape index (κ1) is 10.5. The van der Waals surface area contributed by atoms with Gasteiger partial charge in [0.15, 0.2) is 0 Å². The lowest BCUT2D eigenvalue weighted by Gasteiger charge is -2.25. The molecular formula is C13H19NO. The van der Waals surface area contributed by atoms with Crippen LogP contribution in [0.1, 0.15) is 42.0 Å². The van der Waals surface area contributed by atoms with Gasteiger partial charge in [0, 0.05) is 6.04 Å². The SMILES string of the molecule is Cc1ccc(C2CCCCN2)c(C)c1O. The van der Waals surface area contributed by atoms with Crippen LogP contribution in [-0.2, 0) is 0 Å². The van der Waals surface area contributed by atoms with E-state index in [0.717, 1.165) is 17.7 Å². The van der Waals surface area contributed by atoms with Crippen molar-refractivity contribution < 1.29 is 5.11 Å². The van der Waals surface area contributed by atoms with Crippen molar-refractivity contribution in [3.05, 3.63) is 28.8 Å². The maximum atomic E-state index is 9.89. The maximum absolute atomic E-state index is 9.89. The summed E-state index contributed by atoms with van der Waals surface area (Å²) in [5, 5.41) is 13.4. The predicted octanol–water partition coefficient (Wildman–Crippen LogP) is 2.82. The molecule has 1 saturated heterocycles. The van der Waals surface area contributed by atoms with E-state index in [4.69, 9.17) is 0 Å². The van der Waals surface area contributed by atoms with Crippen molar-refractivity contribution in [2.45, 2.75) is 39.2 Å². The fourth-order valence-corrected chi connectivity index (χ4v) is 2.35. The number of rotatable bonds is 1. The minimum atomic E-state index is 0.435. The zero-order valence-electron chi connectivity index (χ0n) is 9.51. The van der Waals surface area contributed by atoms with Crippen molar-refractivity contribution in [3.8, 4) is 5.75 Å².